The number of aromatic hydroxyl groups is 1. The van der Waals surface area contributed by atoms with E-state index in [1.165, 1.54) is 12.7 Å². The average molecular weight is 415 g/mol. The van der Waals surface area contributed by atoms with Gasteiger partial charge in [0, 0.05) is 28.9 Å². The van der Waals surface area contributed by atoms with Crippen LogP contribution in [0, 0.1) is 6.92 Å². The van der Waals surface area contributed by atoms with Gasteiger partial charge in [-0.15, -0.1) is 0 Å². The second-order valence-corrected chi connectivity index (χ2v) is 8.00. The standard InChI is InChI=1S/C22H27ClN4O2/c1-5-13(6-2)24-21-14-8-7-9-17(14)25-22-20(12(3)26-27(21)22)15-10-18(28)19(29-4)11-16(15)23/h10-11,13,24,28H,5-9H2,1-4H3. The molecular weight excluding hydrogens is 388 g/mol. The molecule has 1 aliphatic rings. The molecule has 0 saturated heterocycles. The van der Waals surface area contributed by atoms with Crippen molar-refractivity contribution in [3.05, 3.63) is 34.1 Å². The van der Waals surface area contributed by atoms with Crippen LogP contribution in [-0.4, -0.2) is 32.9 Å². The Balaban J connectivity index is 1.96. The summed E-state index contributed by atoms with van der Waals surface area (Å²) >= 11 is 6.56. The molecule has 0 radical (unpaired) electrons. The molecule has 0 bridgehead atoms. The minimum atomic E-state index is 0.0437. The Hall–Kier alpha value is -2.47. The fourth-order valence-corrected chi connectivity index (χ4v) is 4.43. The first kappa shape index (κ1) is 19.8. The van der Waals surface area contributed by atoms with Crippen LogP contribution in [0.2, 0.25) is 5.02 Å². The average Bonchev–Trinajstić information content (AvgIpc) is 3.30. The fraction of sp³-hybridized carbons (Fsp3) is 0.455. The van der Waals surface area contributed by atoms with Crippen molar-refractivity contribution in [2.75, 3.05) is 12.4 Å². The molecule has 154 valence electrons. The Morgan fingerprint density at radius 1 is 1.28 bits per heavy atom. The molecule has 0 amide bonds. The largest absolute Gasteiger partial charge is 0.504 e. The number of rotatable bonds is 6. The highest BCUT2D eigenvalue weighted by Crippen LogP contribution is 2.41. The van der Waals surface area contributed by atoms with Crippen molar-refractivity contribution in [2.45, 2.75) is 58.9 Å². The molecule has 2 heterocycles. The summed E-state index contributed by atoms with van der Waals surface area (Å²) in [6.07, 6.45) is 5.17. The smallest absolute Gasteiger partial charge is 0.165 e. The van der Waals surface area contributed by atoms with E-state index in [4.69, 9.17) is 26.4 Å². The fourth-order valence-electron chi connectivity index (χ4n) is 4.18. The molecule has 3 aromatic rings. The Morgan fingerprint density at radius 2 is 2.03 bits per heavy atom. The highest BCUT2D eigenvalue weighted by molar-refractivity contribution is 6.33. The predicted octanol–water partition coefficient (Wildman–Crippen LogP) is 5.16. The highest BCUT2D eigenvalue weighted by atomic mass is 35.5. The number of nitrogens with zero attached hydrogens (tertiary/aromatic N) is 3. The van der Waals surface area contributed by atoms with E-state index in [0.29, 0.717) is 22.4 Å². The number of anilines is 1. The van der Waals surface area contributed by atoms with Gasteiger partial charge in [0.2, 0.25) is 0 Å². The first-order chi connectivity index (χ1) is 14.0. The number of ether oxygens (including phenoxy) is 1. The van der Waals surface area contributed by atoms with Crippen molar-refractivity contribution in [3.8, 4) is 22.6 Å². The third kappa shape index (κ3) is 3.29. The maximum atomic E-state index is 10.3. The first-order valence-corrected chi connectivity index (χ1v) is 10.6. The minimum Gasteiger partial charge on any atom is -0.504 e. The van der Waals surface area contributed by atoms with Gasteiger partial charge in [-0.1, -0.05) is 25.4 Å². The van der Waals surface area contributed by atoms with Crippen molar-refractivity contribution in [1.29, 1.82) is 0 Å². The van der Waals surface area contributed by atoms with Gasteiger partial charge in [0.15, 0.2) is 17.1 Å². The second kappa shape index (κ2) is 7.75. The number of hydrogen-bond acceptors (Lipinski definition) is 5. The Morgan fingerprint density at radius 3 is 2.72 bits per heavy atom. The lowest BCUT2D eigenvalue weighted by Gasteiger charge is -2.20. The third-order valence-electron chi connectivity index (χ3n) is 5.83. The Bertz CT molecular complexity index is 1070. The Labute approximate surface area is 175 Å². The number of methoxy groups -OCH3 is 1. The van der Waals surface area contributed by atoms with Crippen LogP contribution in [0.4, 0.5) is 5.82 Å². The van der Waals surface area contributed by atoms with E-state index in [0.717, 1.165) is 60.5 Å². The highest BCUT2D eigenvalue weighted by Gasteiger charge is 2.26. The van der Waals surface area contributed by atoms with Gasteiger partial charge in [-0.3, -0.25) is 0 Å². The predicted molar refractivity (Wildman–Crippen MR) is 116 cm³/mol. The van der Waals surface area contributed by atoms with Crippen LogP contribution in [0.1, 0.15) is 50.1 Å². The second-order valence-electron chi connectivity index (χ2n) is 7.60. The SMILES string of the molecule is CCC(CC)Nc1c2c(nc3c(-c4cc(O)c(OC)cc4Cl)c(C)nn13)CCC2. The molecule has 2 N–H and O–H groups in total. The van der Waals surface area contributed by atoms with Gasteiger partial charge in [-0.2, -0.15) is 9.61 Å². The van der Waals surface area contributed by atoms with Crippen molar-refractivity contribution in [3.63, 3.8) is 0 Å². The number of aromatic nitrogens is 3. The number of nitrogens with one attached hydrogen (secondary N) is 1. The van der Waals surface area contributed by atoms with Gasteiger partial charge in [0.25, 0.3) is 0 Å². The molecule has 0 fully saturated rings. The first-order valence-electron chi connectivity index (χ1n) is 10.2. The van der Waals surface area contributed by atoms with Gasteiger partial charge in [-0.25, -0.2) is 4.98 Å². The van der Waals surface area contributed by atoms with Crippen molar-refractivity contribution in [2.24, 2.45) is 0 Å². The molecular formula is C22H27ClN4O2. The van der Waals surface area contributed by atoms with Crippen LogP contribution in [0.15, 0.2) is 12.1 Å². The number of phenolic OH excluding ortho intramolecular Hbond substituents is 1. The molecule has 0 unspecified atom stereocenters. The zero-order valence-electron chi connectivity index (χ0n) is 17.3. The van der Waals surface area contributed by atoms with E-state index < -0.39 is 0 Å². The number of benzene rings is 1. The van der Waals surface area contributed by atoms with E-state index in [1.54, 1.807) is 12.1 Å². The summed E-state index contributed by atoms with van der Waals surface area (Å²) in [5.74, 6) is 1.43. The quantitative estimate of drug-likeness (QED) is 0.582. The molecule has 6 nitrogen and oxygen atoms in total. The maximum absolute atomic E-state index is 10.3. The van der Waals surface area contributed by atoms with Crippen LogP contribution in [0.5, 0.6) is 11.5 Å². The van der Waals surface area contributed by atoms with Gasteiger partial charge >= 0.3 is 0 Å². The summed E-state index contributed by atoms with van der Waals surface area (Å²) in [6.45, 7) is 6.34. The number of halogens is 1. The molecule has 29 heavy (non-hydrogen) atoms. The minimum absolute atomic E-state index is 0.0437. The van der Waals surface area contributed by atoms with Crippen LogP contribution >= 0.6 is 11.6 Å². The van der Waals surface area contributed by atoms with E-state index in [1.807, 2.05) is 11.4 Å². The third-order valence-corrected chi connectivity index (χ3v) is 6.14. The maximum Gasteiger partial charge on any atom is 0.165 e. The molecule has 0 atom stereocenters. The van der Waals surface area contributed by atoms with Gasteiger partial charge < -0.3 is 15.2 Å². The number of fused-ring (bicyclic) bond motifs is 2. The van der Waals surface area contributed by atoms with Crippen molar-refractivity contribution in [1.82, 2.24) is 14.6 Å². The zero-order chi connectivity index (χ0) is 20.7. The van der Waals surface area contributed by atoms with Crippen LogP contribution in [0.25, 0.3) is 16.8 Å². The lowest BCUT2D eigenvalue weighted by Crippen LogP contribution is -2.21. The normalized spacial score (nSPS) is 13.3. The van der Waals surface area contributed by atoms with Crippen LogP contribution in [0.3, 0.4) is 0 Å². The summed E-state index contributed by atoms with van der Waals surface area (Å²) in [6, 6.07) is 3.65. The molecule has 2 aromatic heterocycles. The van der Waals surface area contributed by atoms with E-state index in [-0.39, 0.29) is 5.75 Å². The van der Waals surface area contributed by atoms with Gasteiger partial charge in [0.05, 0.1) is 23.4 Å². The van der Waals surface area contributed by atoms with E-state index in [9.17, 15) is 5.11 Å². The molecule has 4 rings (SSSR count). The molecule has 7 heteroatoms. The number of hydrogen-bond donors (Lipinski definition) is 2. The lowest BCUT2D eigenvalue weighted by molar-refractivity contribution is 0.373. The molecule has 0 saturated carbocycles. The van der Waals surface area contributed by atoms with Crippen molar-refractivity contribution < 1.29 is 9.84 Å². The van der Waals surface area contributed by atoms with Crippen LogP contribution < -0.4 is 10.1 Å². The summed E-state index contributed by atoms with van der Waals surface area (Å²) in [4.78, 5) is 4.97. The van der Waals surface area contributed by atoms with E-state index >= 15 is 0 Å². The summed E-state index contributed by atoms with van der Waals surface area (Å²) in [5, 5.41) is 19.4. The Kier molecular flexibility index (Phi) is 5.30. The molecule has 0 aliphatic heterocycles. The molecule has 0 spiro atoms. The molecule has 1 aliphatic carbocycles. The topological polar surface area (TPSA) is 71.7 Å². The van der Waals surface area contributed by atoms with Crippen LogP contribution in [-0.2, 0) is 12.8 Å². The van der Waals surface area contributed by atoms with Gasteiger partial charge in [0.1, 0.15) is 5.82 Å². The number of aryl methyl sites for hydroxylation is 2. The summed E-state index contributed by atoms with van der Waals surface area (Å²) < 4.78 is 7.10. The summed E-state index contributed by atoms with van der Waals surface area (Å²) in [7, 11) is 1.51. The van der Waals surface area contributed by atoms with Crippen molar-refractivity contribution >= 4 is 23.1 Å². The molecule has 1 aromatic carbocycles. The lowest BCUT2D eigenvalue weighted by atomic mass is 10.0. The summed E-state index contributed by atoms with van der Waals surface area (Å²) in [5.41, 5.74) is 5.53. The number of phenols is 1. The van der Waals surface area contributed by atoms with Gasteiger partial charge in [-0.05, 0) is 45.1 Å². The monoisotopic (exact) mass is 414 g/mol. The van der Waals surface area contributed by atoms with E-state index in [2.05, 4.69) is 19.2 Å². The zero-order valence-corrected chi connectivity index (χ0v) is 18.1.